The molecule has 0 aliphatic rings. The summed E-state index contributed by atoms with van der Waals surface area (Å²) in [5.41, 5.74) is 6.04. The summed E-state index contributed by atoms with van der Waals surface area (Å²) in [7, 11) is 1.20. The lowest BCUT2D eigenvalue weighted by atomic mass is 10.0. The standard InChI is InChI=1S/C14H11F3N2O2/c1-21-13(20)12-11(18)6-9(7-19-12)8-2-4-10(5-3-8)14(15,16)17/h2-7H,18H2,1H3. The smallest absolute Gasteiger partial charge is 0.416 e. The van der Waals surface area contributed by atoms with Crippen LogP contribution in [0.25, 0.3) is 11.1 Å². The van der Waals surface area contributed by atoms with E-state index in [9.17, 15) is 18.0 Å². The number of alkyl halides is 3. The highest BCUT2D eigenvalue weighted by Crippen LogP contribution is 2.31. The maximum absolute atomic E-state index is 12.5. The molecule has 1 aromatic carbocycles. The van der Waals surface area contributed by atoms with E-state index in [1.54, 1.807) is 0 Å². The molecule has 0 atom stereocenters. The molecule has 0 unspecified atom stereocenters. The predicted octanol–water partition coefficient (Wildman–Crippen LogP) is 3.14. The number of nitrogens with zero attached hydrogens (tertiary/aromatic N) is 1. The maximum atomic E-state index is 12.5. The highest BCUT2D eigenvalue weighted by molar-refractivity contribution is 5.93. The van der Waals surface area contributed by atoms with E-state index in [1.165, 1.54) is 31.5 Å². The van der Waals surface area contributed by atoms with E-state index < -0.39 is 17.7 Å². The van der Waals surface area contributed by atoms with Gasteiger partial charge >= 0.3 is 12.1 Å². The van der Waals surface area contributed by atoms with E-state index in [1.807, 2.05) is 0 Å². The van der Waals surface area contributed by atoms with E-state index in [2.05, 4.69) is 9.72 Å². The number of hydrogen-bond acceptors (Lipinski definition) is 4. The van der Waals surface area contributed by atoms with Crippen LogP contribution in [0.15, 0.2) is 36.5 Å². The molecule has 7 heteroatoms. The van der Waals surface area contributed by atoms with Crippen LogP contribution in [-0.2, 0) is 10.9 Å². The van der Waals surface area contributed by atoms with Crippen LogP contribution < -0.4 is 5.73 Å². The van der Waals surface area contributed by atoms with Crippen molar-refractivity contribution in [2.24, 2.45) is 0 Å². The summed E-state index contributed by atoms with van der Waals surface area (Å²) >= 11 is 0. The zero-order chi connectivity index (χ0) is 15.6. The van der Waals surface area contributed by atoms with Gasteiger partial charge in [0, 0.05) is 11.8 Å². The summed E-state index contributed by atoms with van der Waals surface area (Å²) in [5, 5.41) is 0. The average molecular weight is 296 g/mol. The number of halogens is 3. The first-order chi connectivity index (χ1) is 9.82. The highest BCUT2D eigenvalue weighted by Gasteiger charge is 2.30. The summed E-state index contributed by atoms with van der Waals surface area (Å²) in [6.07, 6.45) is -3.03. The summed E-state index contributed by atoms with van der Waals surface area (Å²) < 4.78 is 42.0. The van der Waals surface area contributed by atoms with Gasteiger partial charge in [-0.05, 0) is 23.8 Å². The zero-order valence-electron chi connectivity index (χ0n) is 10.9. The maximum Gasteiger partial charge on any atom is 0.416 e. The molecule has 0 saturated heterocycles. The SMILES string of the molecule is COC(=O)c1ncc(-c2ccc(C(F)(F)F)cc2)cc1N. The lowest BCUT2D eigenvalue weighted by molar-refractivity contribution is -0.137. The summed E-state index contributed by atoms with van der Waals surface area (Å²) in [5.74, 6) is -0.675. The molecule has 0 aliphatic carbocycles. The van der Waals surface area contributed by atoms with Gasteiger partial charge < -0.3 is 10.5 Å². The molecular weight excluding hydrogens is 285 g/mol. The fraction of sp³-hybridized carbons (Fsp3) is 0.143. The molecule has 0 radical (unpaired) electrons. The van der Waals surface area contributed by atoms with Crippen LogP contribution in [0.5, 0.6) is 0 Å². The first-order valence-corrected chi connectivity index (χ1v) is 5.84. The van der Waals surface area contributed by atoms with Crippen LogP contribution in [-0.4, -0.2) is 18.1 Å². The number of methoxy groups -OCH3 is 1. The molecule has 21 heavy (non-hydrogen) atoms. The largest absolute Gasteiger partial charge is 0.464 e. The number of carbonyl (C=O) groups is 1. The molecule has 1 heterocycles. The zero-order valence-corrected chi connectivity index (χ0v) is 10.9. The van der Waals surface area contributed by atoms with Crippen LogP contribution in [0.1, 0.15) is 16.1 Å². The summed E-state index contributed by atoms with van der Waals surface area (Å²) in [6, 6.07) is 6.04. The van der Waals surface area contributed by atoms with E-state index in [0.29, 0.717) is 11.1 Å². The fourth-order valence-electron chi connectivity index (χ4n) is 1.76. The number of rotatable bonds is 2. The van der Waals surface area contributed by atoms with Crippen molar-refractivity contribution in [3.63, 3.8) is 0 Å². The molecule has 2 N–H and O–H groups in total. The molecule has 110 valence electrons. The number of benzene rings is 1. The van der Waals surface area contributed by atoms with Crippen LogP contribution in [0, 0.1) is 0 Å². The highest BCUT2D eigenvalue weighted by atomic mass is 19.4. The second-order valence-corrected chi connectivity index (χ2v) is 4.23. The van der Waals surface area contributed by atoms with Gasteiger partial charge in [-0.2, -0.15) is 13.2 Å². The van der Waals surface area contributed by atoms with Crippen molar-refractivity contribution in [1.29, 1.82) is 0 Å². The summed E-state index contributed by atoms with van der Waals surface area (Å²) in [4.78, 5) is 15.2. The van der Waals surface area contributed by atoms with E-state index in [-0.39, 0.29) is 11.4 Å². The van der Waals surface area contributed by atoms with Crippen molar-refractivity contribution in [3.05, 3.63) is 47.8 Å². The van der Waals surface area contributed by atoms with Crippen LogP contribution >= 0.6 is 0 Å². The first kappa shape index (κ1) is 14.8. The van der Waals surface area contributed by atoms with Gasteiger partial charge in [0.1, 0.15) is 0 Å². The Hall–Kier alpha value is -2.57. The number of nitrogens with two attached hydrogens (primary N) is 1. The second-order valence-electron chi connectivity index (χ2n) is 4.23. The Labute approximate surface area is 118 Å². The second kappa shape index (κ2) is 5.43. The molecule has 0 spiro atoms. The van der Waals surface area contributed by atoms with Gasteiger partial charge in [0.05, 0.1) is 18.4 Å². The minimum absolute atomic E-state index is 0.0341. The quantitative estimate of drug-likeness (QED) is 0.865. The molecule has 0 aliphatic heterocycles. The fourth-order valence-corrected chi connectivity index (χ4v) is 1.76. The Morgan fingerprint density at radius 3 is 2.29 bits per heavy atom. The van der Waals surface area contributed by atoms with E-state index in [0.717, 1.165) is 12.1 Å². The molecule has 0 fully saturated rings. The Morgan fingerprint density at radius 1 is 1.19 bits per heavy atom. The molecule has 2 aromatic rings. The van der Waals surface area contributed by atoms with Gasteiger partial charge in [-0.25, -0.2) is 9.78 Å². The number of nitrogen functional groups attached to an aromatic ring is 1. The molecule has 4 nitrogen and oxygen atoms in total. The third-order valence-corrected chi connectivity index (χ3v) is 2.84. The predicted molar refractivity (Wildman–Crippen MR) is 70.4 cm³/mol. The number of aromatic nitrogens is 1. The van der Waals surface area contributed by atoms with E-state index >= 15 is 0 Å². The number of anilines is 1. The molecule has 2 rings (SSSR count). The number of esters is 1. The lowest BCUT2D eigenvalue weighted by Crippen LogP contribution is -2.08. The molecular formula is C14H11F3N2O2. The normalized spacial score (nSPS) is 11.2. The van der Waals surface area contributed by atoms with Gasteiger partial charge in [-0.1, -0.05) is 12.1 Å². The minimum Gasteiger partial charge on any atom is -0.464 e. The van der Waals surface area contributed by atoms with Crippen molar-refractivity contribution in [2.75, 3.05) is 12.8 Å². The molecule has 0 bridgehead atoms. The number of carbonyl (C=O) groups excluding carboxylic acids is 1. The Bertz CT molecular complexity index is 667. The van der Waals surface area contributed by atoms with Gasteiger partial charge in [0.15, 0.2) is 5.69 Å². The monoisotopic (exact) mass is 296 g/mol. The third-order valence-electron chi connectivity index (χ3n) is 2.84. The Balaban J connectivity index is 2.35. The lowest BCUT2D eigenvalue weighted by Gasteiger charge is -2.09. The number of pyridine rings is 1. The van der Waals surface area contributed by atoms with Crippen molar-refractivity contribution in [2.45, 2.75) is 6.18 Å². The molecule has 0 saturated carbocycles. The minimum atomic E-state index is -4.38. The third kappa shape index (κ3) is 3.13. The molecule has 0 amide bonds. The van der Waals surface area contributed by atoms with Crippen LogP contribution in [0.4, 0.5) is 18.9 Å². The topological polar surface area (TPSA) is 65.2 Å². The molecule has 1 aromatic heterocycles. The number of hydrogen-bond donors (Lipinski definition) is 1. The average Bonchev–Trinajstić information content (AvgIpc) is 2.45. The first-order valence-electron chi connectivity index (χ1n) is 5.84. The van der Waals surface area contributed by atoms with Crippen molar-refractivity contribution in [1.82, 2.24) is 4.98 Å². The van der Waals surface area contributed by atoms with Gasteiger partial charge in [-0.3, -0.25) is 0 Å². The summed E-state index contributed by atoms with van der Waals surface area (Å²) in [6.45, 7) is 0. The van der Waals surface area contributed by atoms with Crippen molar-refractivity contribution < 1.29 is 22.7 Å². The van der Waals surface area contributed by atoms with Crippen molar-refractivity contribution >= 4 is 11.7 Å². The van der Waals surface area contributed by atoms with Gasteiger partial charge in [0.2, 0.25) is 0 Å². The van der Waals surface area contributed by atoms with Gasteiger partial charge in [0.25, 0.3) is 0 Å². The van der Waals surface area contributed by atoms with Crippen LogP contribution in [0.2, 0.25) is 0 Å². The van der Waals surface area contributed by atoms with Crippen LogP contribution in [0.3, 0.4) is 0 Å². The Morgan fingerprint density at radius 2 is 1.81 bits per heavy atom. The van der Waals surface area contributed by atoms with Crippen molar-refractivity contribution in [3.8, 4) is 11.1 Å². The Kier molecular flexibility index (Phi) is 3.84. The number of ether oxygens (including phenoxy) is 1. The van der Waals surface area contributed by atoms with E-state index in [4.69, 9.17) is 5.73 Å². The van der Waals surface area contributed by atoms with Gasteiger partial charge in [-0.15, -0.1) is 0 Å².